The van der Waals surface area contributed by atoms with Gasteiger partial charge in [-0.05, 0) is 43.2 Å². The number of hydrogen-bond acceptors (Lipinski definition) is 7. The number of para-hydroxylation sites is 1. The molecule has 2 heterocycles. The summed E-state index contributed by atoms with van der Waals surface area (Å²) in [7, 11) is 3.03. The van der Waals surface area contributed by atoms with Crippen molar-refractivity contribution in [1.82, 2.24) is 9.55 Å². The number of carbonyl (C=O) groups excluding carboxylic acids is 2. The smallest absolute Gasteiger partial charge is 0.266 e. The quantitative estimate of drug-likeness (QED) is 0.361. The number of nitrogens with zero attached hydrogens (tertiary/aromatic N) is 2. The molecule has 0 aliphatic rings. The van der Waals surface area contributed by atoms with E-state index in [-0.39, 0.29) is 11.5 Å². The third-order valence-corrected chi connectivity index (χ3v) is 7.00. The lowest BCUT2D eigenvalue weighted by atomic mass is 10.1. The molecule has 0 bridgehead atoms. The van der Waals surface area contributed by atoms with Gasteiger partial charge in [-0.2, -0.15) is 0 Å². The predicted molar refractivity (Wildman–Crippen MR) is 141 cm³/mol. The third-order valence-electron chi connectivity index (χ3n) is 5.80. The summed E-state index contributed by atoms with van der Waals surface area (Å²) >= 11 is 1.15. The standard InChI is InChI=1S/C26H26N4O5S/c1-5-19(23(31)29-18-13-17(34-3)11-12-20(18)35-4)30-14-27-25-21(26(30)33)15(2)22(36-25)24(32)28-16-9-7-6-8-10-16/h6-14,19H,5H2,1-4H3,(H,28,32)(H,29,31). The SMILES string of the molecule is CCC(C(=O)Nc1cc(OC)ccc1OC)n1cnc2sc(C(=O)Nc3ccccc3)c(C)c2c1=O. The van der Waals surface area contributed by atoms with Crippen LogP contribution in [-0.2, 0) is 4.79 Å². The summed E-state index contributed by atoms with van der Waals surface area (Å²) in [6.45, 7) is 3.52. The molecule has 2 aromatic carbocycles. The van der Waals surface area contributed by atoms with Crippen molar-refractivity contribution in [3.63, 3.8) is 0 Å². The van der Waals surface area contributed by atoms with Crippen molar-refractivity contribution in [2.75, 3.05) is 24.9 Å². The molecule has 0 fully saturated rings. The number of hydrogen-bond donors (Lipinski definition) is 2. The summed E-state index contributed by atoms with van der Waals surface area (Å²) in [5.74, 6) is 0.294. The van der Waals surface area contributed by atoms with Crippen LogP contribution in [-0.4, -0.2) is 35.6 Å². The molecule has 10 heteroatoms. The first-order valence-corrected chi connectivity index (χ1v) is 12.1. The van der Waals surface area contributed by atoms with E-state index in [2.05, 4.69) is 15.6 Å². The van der Waals surface area contributed by atoms with Gasteiger partial charge in [0, 0.05) is 11.8 Å². The normalized spacial score (nSPS) is 11.7. The van der Waals surface area contributed by atoms with E-state index in [1.54, 1.807) is 37.3 Å². The summed E-state index contributed by atoms with van der Waals surface area (Å²) in [6, 6.07) is 13.3. The lowest BCUT2D eigenvalue weighted by Crippen LogP contribution is -2.33. The second-order valence-electron chi connectivity index (χ2n) is 7.99. The van der Waals surface area contributed by atoms with Crippen molar-refractivity contribution in [3.8, 4) is 11.5 Å². The number of aromatic nitrogens is 2. The topological polar surface area (TPSA) is 112 Å². The average molecular weight is 507 g/mol. The van der Waals surface area contributed by atoms with Crippen molar-refractivity contribution in [2.24, 2.45) is 0 Å². The molecule has 0 aliphatic heterocycles. The van der Waals surface area contributed by atoms with Gasteiger partial charge in [-0.3, -0.25) is 19.0 Å². The van der Waals surface area contributed by atoms with Crippen LogP contribution in [0.1, 0.15) is 34.6 Å². The molecule has 2 N–H and O–H groups in total. The number of thiophene rings is 1. The predicted octanol–water partition coefficient (Wildman–Crippen LogP) is 4.63. The first-order valence-electron chi connectivity index (χ1n) is 11.3. The number of benzene rings is 2. The highest BCUT2D eigenvalue weighted by Gasteiger charge is 2.25. The molecule has 2 amide bonds. The summed E-state index contributed by atoms with van der Waals surface area (Å²) in [5.41, 5.74) is 1.22. The number of amides is 2. The van der Waals surface area contributed by atoms with Crippen molar-refractivity contribution >= 4 is 44.7 Å². The highest BCUT2D eigenvalue weighted by Crippen LogP contribution is 2.31. The highest BCUT2D eigenvalue weighted by atomic mass is 32.1. The maximum absolute atomic E-state index is 13.5. The molecule has 4 rings (SSSR count). The Morgan fingerprint density at radius 3 is 2.50 bits per heavy atom. The molecule has 186 valence electrons. The maximum Gasteiger partial charge on any atom is 0.266 e. The van der Waals surface area contributed by atoms with Gasteiger partial charge in [0.25, 0.3) is 11.5 Å². The number of aryl methyl sites for hydroxylation is 1. The van der Waals surface area contributed by atoms with Gasteiger partial charge in [0.15, 0.2) is 0 Å². The van der Waals surface area contributed by atoms with Crippen LogP contribution < -0.4 is 25.7 Å². The third kappa shape index (κ3) is 4.80. The van der Waals surface area contributed by atoms with E-state index in [9.17, 15) is 14.4 Å². The van der Waals surface area contributed by atoms with E-state index in [0.717, 1.165) is 11.3 Å². The molecule has 0 aliphatic carbocycles. The average Bonchev–Trinajstić information content (AvgIpc) is 3.23. The first-order chi connectivity index (χ1) is 17.4. The Kier molecular flexibility index (Phi) is 7.35. The van der Waals surface area contributed by atoms with Crippen LogP contribution in [0.5, 0.6) is 11.5 Å². The molecule has 0 saturated carbocycles. The van der Waals surface area contributed by atoms with Crippen LogP contribution >= 0.6 is 11.3 Å². The number of anilines is 2. The zero-order valence-electron chi connectivity index (χ0n) is 20.3. The number of ether oxygens (including phenoxy) is 2. The van der Waals surface area contributed by atoms with Crippen LogP contribution in [0.4, 0.5) is 11.4 Å². The monoisotopic (exact) mass is 506 g/mol. The Hall–Kier alpha value is -4.18. The van der Waals surface area contributed by atoms with Crippen LogP contribution in [0, 0.1) is 6.92 Å². The summed E-state index contributed by atoms with van der Waals surface area (Å²) in [4.78, 5) is 44.9. The van der Waals surface area contributed by atoms with Crippen LogP contribution in [0.3, 0.4) is 0 Å². The number of methoxy groups -OCH3 is 2. The Balaban J connectivity index is 1.67. The van der Waals surface area contributed by atoms with Gasteiger partial charge in [-0.15, -0.1) is 11.3 Å². The van der Waals surface area contributed by atoms with Crippen molar-refractivity contribution in [3.05, 3.63) is 75.7 Å². The first kappa shape index (κ1) is 24.9. The van der Waals surface area contributed by atoms with Gasteiger partial charge in [0.05, 0.1) is 36.5 Å². The molecule has 1 unspecified atom stereocenters. The second-order valence-corrected chi connectivity index (χ2v) is 8.99. The zero-order chi connectivity index (χ0) is 25.8. The number of fused-ring (bicyclic) bond motifs is 1. The number of nitrogens with one attached hydrogen (secondary N) is 2. The molecular weight excluding hydrogens is 480 g/mol. The van der Waals surface area contributed by atoms with E-state index >= 15 is 0 Å². The molecule has 36 heavy (non-hydrogen) atoms. The van der Waals surface area contributed by atoms with E-state index in [0.29, 0.717) is 50.0 Å². The Labute approximate surface area is 211 Å². The fourth-order valence-corrected chi connectivity index (χ4v) is 4.96. The zero-order valence-corrected chi connectivity index (χ0v) is 21.1. The largest absolute Gasteiger partial charge is 0.497 e. The van der Waals surface area contributed by atoms with E-state index in [4.69, 9.17) is 9.47 Å². The van der Waals surface area contributed by atoms with Crippen LogP contribution in [0.2, 0.25) is 0 Å². The van der Waals surface area contributed by atoms with Gasteiger partial charge in [0.1, 0.15) is 22.4 Å². The minimum Gasteiger partial charge on any atom is -0.497 e. The van der Waals surface area contributed by atoms with Crippen molar-refractivity contribution < 1.29 is 19.1 Å². The van der Waals surface area contributed by atoms with Crippen molar-refractivity contribution in [2.45, 2.75) is 26.3 Å². The molecule has 0 saturated heterocycles. The number of rotatable bonds is 8. The van der Waals surface area contributed by atoms with E-state index in [1.807, 2.05) is 25.1 Å². The van der Waals surface area contributed by atoms with Crippen LogP contribution in [0.25, 0.3) is 10.2 Å². The van der Waals surface area contributed by atoms with Gasteiger partial charge in [-0.25, -0.2) is 4.98 Å². The molecule has 2 aromatic heterocycles. The minimum absolute atomic E-state index is 0.317. The summed E-state index contributed by atoms with van der Waals surface area (Å²) in [5, 5.41) is 6.00. The molecule has 0 radical (unpaired) electrons. The Bertz CT molecular complexity index is 1480. The van der Waals surface area contributed by atoms with Crippen LogP contribution in [0.15, 0.2) is 59.7 Å². The van der Waals surface area contributed by atoms with Crippen molar-refractivity contribution in [1.29, 1.82) is 0 Å². The van der Waals surface area contributed by atoms with Gasteiger partial charge in [0.2, 0.25) is 5.91 Å². The minimum atomic E-state index is -0.828. The molecule has 4 aromatic rings. The maximum atomic E-state index is 13.5. The number of carbonyl (C=O) groups is 2. The van der Waals surface area contributed by atoms with Gasteiger partial charge >= 0.3 is 0 Å². The molecule has 1 atom stereocenters. The van der Waals surface area contributed by atoms with Gasteiger partial charge in [-0.1, -0.05) is 25.1 Å². The fourth-order valence-electron chi connectivity index (χ4n) is 3.92. The van der Waals surface area contributed by atoms with Gasteiger partial charge < -0.3 is 20.1 Å². The Morgan fingerprint density at radius 2 is 1.83 bits per heavy atom. The fraction of sp³-hybridized carbons (Fsp3) is 0.231. The Morgan fingerprint density at radius 1 is 1.08 bits per heavy atom. The lowest BCUT2D eigenvalue weighted by Gasteiger charge is -2.19. The van der Waals surface area contributed by atoms with E-state index < -0.39 is 11.9 Å². The highest BCUT2D eigenvalue weighted by molar-refractivity contribution is 7.20. The second kappa shape index (κ2) is 10.6. The summed E-state index contributed by atoms with van der Waals surface area (Å²) < 4.78 is 11.9. The molecule has 9 nitrogen and oxygen atoms in total. The lowest BCUT2D eigenvalue weighted by molar-refractivity contribution is -0.119. The summed E-state index contributed by atoms with van der Waals surface area (Å²) in [6.07, 6.45) is 1.70. The molecular formula is C26H26N4O5S. The molecule has 0 spiro atoms. The van der Waals surface area contributed by atoms with E-state index in [1.165, 1.54) is 25.1 Å².